The zero-order chi connectivity index (χ0) is 8.04. The molecule has 52 valence electrons. The maximum Gasteiger partial charge on any atom is 0.185 e. The lowest BCUT2D eigenvalue weighted by Gasteiger charge is -1.83. The molecule has 0 N–H and O–H groups in total. The molecule has 4 nitrogen and oxygen atoms in total. The van der Waals surface area contributed by atoms with Gasteiger partial charge in [-0.1, -0.05) is 0 Å². The molecule has 0 aromatic rings. The molecular formula is C5H4N2O2S. The molecule has 0 aromatic heterocycles. The molecule has 0 saturated heterocycles. The molecule has 0 spiro atoms. The average Bonchev–Trinajstić information content (AvgIpc) is 1.84. The van der Waals surface area contributed by atoms with Crippen molar-refractivity contribution in [2.24, 2.45) is 0 Å². The summed E-state index contributed by atoms with van der Waals surface area (Å²) in [5, 5.41) is 16.6. The summed E-state index contributed by atoms with van der Waals surface area (Å²) >= 11 is 0. The number of sulfone groups is 1. The summed E-state index contributed by atoms with van der Waals surface area (Å²) in [6.45, 7) is 0. The maximum atomic E-state index is 10.5. The number of hydrogen-bond acceptors (Lipinski definition) is 4. The van der Waals surface area contributed by atoms with Crippen LogP contribution in [0.1, 0.15) is 0 Å². The Morgan fingerprint density at radius 2 is 2.00 bits per heavy atom. The minimum absolute atomic E-state index is 0.578. The normalized spacial score (nSPS) is 10.6. The summed E-state index contributed by atoms with van der Waals surface area (Å²) in [7, 11) is -3.46. The van der Waals surface area contributed by atoms with Crippen molar-refractivity contribution in [3.8, 4) is 12.1 Å². The van der Waals surface area contributed by atoms with Gasteiger partial charge < -0.3 is 0 Å². The predicted octanol–water partition coefficient (Wildman–Crippen LogP) is -0.0379. The molecule has 0 heterocycles. The van der Waals surface area contributed by atoms with Gasteiger partial charge in [-0.2, -0.15) is 10.5 Å². The van der Waals surface area contributed by atoms with Gasteiger partial charge in [-0.05, 0) is 0 Å². The Labute approximate surface area is 58.9 Å². The standard InChI is InChI=1S/C5H4N2O2S/c6-2-1-4-10(8,9)5-3-7/h1,4H,5H2. The topological polar surface area (TPSA) is 81.7 Å². The Morgan fingerprint density at radius 3 is 2.40 bits per heavy atom. The second kappa shape index (κ2) is 3.65. The van der Waals surface area contributed by atoms with Crippen molar-refractivity contribution < 1.29 is 8.42 Å². The van der Waals surface area contributed by atoms with Crippen molar-refractivity contribution in [2.75, 3.05) is 5.75 Å². The molecule has 0 aliphatic rings. The van der Waals surface area contributed by atoms with Gasteiger partial charge in [0.25, 0.3) is 0 Å². The van der Waals surface area contributed by atoms with Gasteiger partial charge in [0.05, 0.1) is 12.1 Å². The highest BCUT2D eigenvalue weighted by atomic mass is 32.2. The average molecular weight is 156 g/mol. The quantitative estimate of drug-likeness (QED) is 0.525. The number of nitrogens with zero attached hydrogens (tertiary/aromatic N) is 2. The molecule has 5 heteroatoms. The van der Waals surface area contributed by atoms with Crippen molar-refractivity contribution in [3.63, 3.8) is 0 Å². The first-order chi connectivity index (χ1) is 4.62. The van der Waals surface area contributed by atoms with Gasteiger partial charge in [-0.25, -0.2) is 8.42 Å². The van der Waals surface area contributed by atoms with Gasteiger partial charge in [-0.3, -0.25) is 0 Å². The highest BCUT2D eigenvalue weighted by Crippen LogP contribution is 1.89. The monoisotopic (exact) mass is 156 g/mol. The van der Waals surface area contributed by atoms with Crippen LogP contribution in [0.15, 0.2) is 11.5 Å². The van der Waals surface area contributed by atoms with E-state index in [1.165, 1.54) is 12.1 Å². The molecule has 10 heavy (non-hydrogen) atoms. The highest BCUT2D eigenvalue weighted by Gasteiger charge is 2.02. The third-order valence-electron chi connectivity index (χ3n) is 0.616. The van der Waals surface area contributed by atoms with Crippen LogP contribution in [-0.2, 0) is 9.84 Å². The van der Waals surface area contributed by atoms with E-state index in [0.717, 1.165) is 11.5 Å². The second-order valence-electron chi connectivity index (χ2n) is 1.40. The van der Waals surface area contributed by atoms with Gasteiger partial charge in [0, 0.05) is 11.5 Å². The fourth-order valence-electron chi connectivity index (χ4n) is 0.272. The summed E-state index contributed by atoms with van der Waals surface area (Å²) in [4.78, 5) is 0. The third kappa shape index (κ3) is 3.65. The van der Waals surface area contributed by atoms with E-state index in [4.69, 9.17) is 10.5 Å². The van der Waals surface area contributed by atoms with Gasteiger partial charge >= 0.3 is 0 Å². The van der Waals surface area contributed by atoms with Crippen LogP contribution >= 0.6 is 0 Å². The van der Waals surface area contributed by atoms with Gasteiger partial charge in [-0.15, -0.1) is 0 Å². The Balaban J connectivity index is 4.37. The summed E-state index contributed by atoms with van der Waals surface area (Å²) in [5.41, 5.74) is 0. The molecule has 0 atom stereocenters. The molecule has 0 fully saturated rings. The van der Waals surface area contributed by atoms with Crippen LogP contribution in [0.4, 0.5) is 0 Å². The predicted molar refractivity (Wildman–Crippen MR) is 34.2 cm³/mol. The Hall–Kier alpha value is -1.33. The van der Waals surface area contributed by atoms with Crippen LogP contribution in [0.5, 0.6) is 0 Å². The molecular weight excluding hydrogens is 152 g/mol. The molecule has 0 bridgehead atoms. The summed E-state index contributed by atoms with van der Waals surface area (Å²) in [5.74, 6) is -0.578. The van der Waals surface area contributed by atoms with Crippen LogP contribution in [-0.4, -0.2) is 14.2 Å². The van der Waals surface area contributed by atoms with E-state index < -0.39 is 15.6 Å². The van der Waals surface area contributed by atoms with E-state index in [-0.39, 0.29) is 0 Å². The molecule has 0 unspecified atom stereocenters. The van der Waals surface area contributed by atoms with Crippen LogP contribution in [0, 0.1) is 22.7 Å². The van der Waals surface area contributed by atoms with Crippen LogP contribution in [0.2, 0.25) is 0 Å². The van der Waals surface area contributed by atoms with Crippen LogP contribution < -0.4 is 0 Å². The van der Waals surface area contributed by atoms with Crippen molar-refractivity contribution >= 4 is 9.84 Å². The third-order valence-corrected chi connectivity index (χ3v) is 1.70. The summed E-state index contributed by atoms with van der Waals surface area (Å²) in [6, 6.07) is 2.98. The largest absolute Gasteiger partial charge is 0.223 e. The van der Waals surface area contributed by atoms with E-state index >= 15 is 0 Å². The van der Waals surface area contributed by atoms with Gasteiger partial charge in [0.2, 0.25) is 0 Å². The number of nitriles is 2. The smallest absolute Gasteiger partial charge is 0.185 e. The zero-order valence-corrected chi connectivity index (χ0v) is 5.80. The zero-order valence-electron chi connectivity index (χ0n) is 4.98. The minimum Gasteiger partial charge on any atom is -0.223 e. The van der Waals surface area contributed by atoms with E-state index in [2.05, 4.69) is 0 Å². The molecule has 0 amide bonds. The Kier molecular flexibility index (Phi) is 3.16. The molecule has 0 aliphatic heterocycles. The summed E-state index contributed by atoms with van der Waals surface area (Å²) in [6.07, 6.45) is 0.826. The minimum atomic E-state index is -3.46. The van der Waals surface area contributed by atoms with Crippen LogP contribution in [0.3, 0.4) is 0 Å². The number of rotatable bonds is 2. The van der Waals surface area contributed by atoms with E-state index in [1.807, 2.05) is 0 Å². The number of allylic oxidation sites excluding steroid dienone is 1. The van der Waals surface area contributed by atoms with Crippen molar-refractivity contribution in [2.45, 2.75) is 0 Å². The first-order valence-corrected chi connectivity index (χ1v) is 4.00. The molecule has 0 radical (unpaired) electrons. The molecule has 0 aromatic carbocycles. The second-order valence-corrected chi connectivity index (χ2v) is 3.28. The lowest BCUT2D eigenvalue weighted by Crippen LogP contribution is -1.98. The molecule has 0 aliphatic carbocycles. The fourth-order valence-corrected chi connectivity index (χ4v) is 0.817. The SMILES string of the molecule is N#CC=CS(=O)(=O)CC#N. The Morgan fingerprint density at radius 1 is 1.40 bits per heavy atom. The maximum absolute atomic E-state index is 10.5. The first kappa shape index (κ1) is 8.67. The van der Waals surface area contributed by atoms with E-state index in [1.54, 1.807) is 0 Å². The van der Waals surface area contributed by atoms with Gasteiger partial charge in [0.15, 0.2) is 9.84 Å². The van der Waals surface area contributed by atoms with Crippen molar-refractivity contribution in [3.05, 3.63) is 11.5 Å². The van der Waals surface area contributed by atoms with Gasteiger partial charge in [0.1, 0.15) is 5.75 Å². The Bertz CT molecular complexity index is 302. The number of hydrogen-bond donors (Lipinski definition) is 0. The van der Waals surface area contributed by atoms with E-state index in [0.29, 0.717) is 0 Å². The summed E-state index contributed by atoms with van der Waals surface area (Å²) < 4.78 is 21.1. The molecule has 0 saturated carbocycles. The van der Waals surface area contributed by atoms with Crippen molar-refractivity contribution in [1.82, 2.24) is 0 Å². The molecule has 0 rings (SSSR count). The lowest BCUT2D eigenvalue weighted by atomic mass is 10.7. The van der Waals surface area contributed by atoms with Crippen molar-refractivity contribution in [1.29, 1.82) is 10.5 Å². The first-order valence-electron chi connectivity index (χ1n) is 2.28. The fraction of sp³-hybridized carbons (Fsp3) is 0.200. The lowest BCUT2D eigenvalue weighted by molar-refractivity contribution is 0.607. The van der Waals surface area contributed by atoms with Crippen LogP contribution in [0.25, 0.3) is 0 Å². The van der Waals surface area contributed by atoms with E-state index in [9.17, 15) is 8.42 Å². The highest BCUT2D eigenvalue weighted by molar-refractivity contribution is 7.94.